The highest BCUT2D eigenvalue weighted by atomic mass is 16.1. The standard InChI is InChI=1S/C16H23NO/c1-4-13-5-7-14(8-6-13)11-17-12-15(18)9-10-16(17,2)3/h5-8H,4,9-12H2,1-3H3. The van der Waals surface area contributed by atoms with Crippen molar-refractivity contribution in [2.45, 2.75) is 52.1 Å². The van der Waals surface area contributed by atoms with Crippen molar-refractivity contribution in [3.05, 3.63) is 35.4 Å². The molecule has 1 saturated heterocycles. The van der Waals surface area contributed by atoms with Crippen LogP contribution in [-0.2, 0) is 17.8 Å². The summed E-state index contributed by atoms with van der Waals surface area (Å²) in [5.41, 5.74) is 2.81. The van der Waals surface area contributed by atoms with Crippen LogP contribution in [0, 0.1) is 0 Å². The third kappa shape index (κ3) is 2.99. The van der Waals surface area contributed by atoms with E-state index in [-0.39, 0.29) is 5.54 Å². The number of nitrogens with zero attached hydrogens (tertiary/aromatic N) is 1. The van der Waals surface area contributed by atoms with E-state index >= 15 is 0 Å². The van der Waals surface area contributed by atoms with Gasteiger partial charge in [-0.05, 0) is 37.8 Å². The number of piperidine rings is 1. The predicted octanol–water partition coefficient (Wildman–Crippen LogP) is 3.19. The number of carbonyl (C=O) groups is 1. The second-order valence-electron chi connectivity index (χ2n) is 5.88. The van der Waals surface area contributed by atoms with Gasteiger partial charge in [0.05, 0.1) is 6.54 Å². The number of ketones is 1. The lowest BCUT2D eigenvalue weighted by Crippen LogP contribution is -2.50. The lowest BCUT2D eigenvalue weighted by molar-refractivity contribution is -0.126. The van der Waals surface area contributed by atoms with Gasteiger partial charge in [-0.3, -0.25) is 9.69 Å². The molecular formula is C16H23NO. The maximum Gasteiger partial charge on any atom is 0.146 e. The Morgan fingerprint density at radius 1 is 1.17 bits per heavy atom. The van der Waals surface area contributed by atoms with Gasteiger partial charge in [0.25, 0.3) is 0 Å². The molecule has 0 bridgehead atoms. The summed E-state index contributed by atoms with van der Waals surface area (Å²) in [5.74, 6) is 0.375. The van der Waals surface area contributed by atoms with Gasteiger partial charge in [0.1, 0.15) is 5.78 Å². The number of carbonyl (C=O) groups excluding carboxylic acids is 1. The van der Waals surface area contributed by atoms with Gasteiger partial charge >= 0.3 is 0 Å². The maximum atomic E-state index is 11.6. The van der Waals surface area contributed by atoms with Gasteiger partial charge in [0.15, 0.2) is 0 Å². The minimum Gasteiger partial charge on any atom is -0.298 e. The van der Waals surface area contributed by atoms with E-state index in [9.17, 15) is 4.79 Å². The number of rotatable bonds is 3. The fraction of sp³-hybridized carbons (Fsp3) is 0.562. The molecule has 0 atom stereocenters. The Hall–Kier alpha value is -1.15. The van der Waals surface area contributed by atoms with Crippen LogP contribution in [0.2, 0.25) is 0 Å². The summed E-state index contributed by atoms with van der Waals surface area (Å²) in [7, 11) is 0. The number of benzene rings is 1. The maximum absolute atomic E-state index is 11.6. The summed E-state index contributed by atoms with van der Waals surface area (Å²) < 4.78 is 0. The zero-order valence-corrected chi connectivity index (χ0v) is 11.7. The summed E-state index contributed by atoms with van der Waals surface area (Å²) in [6, 6.07) is 8.75. The first-order valence-corrected chi connectivity index (χ1v) is 6.86. The molecule has 2 rings (SSSR count). The van der Waals surface area contributed by atoms with E-state index in [2.05, 4.69) is 49.9 Å². The van der Waals surface area contributed by atoms with Crippen molar-refractivity contribution in [1.29, 1.82) is 0 Å². The van der Waals surface area contributed by atoms with Gasteiger partial charge in [-0.2, -0.15) is 0 Å². The summed E-state index contributed by atoms with van der Waals surface area (Å²) >= 11 is 0. The highest BCUT2D eigenvalue weighted by molar-refractivity contribution is 5.81. The Bertz CT molecular complexity index is 419. The van der Waals surface area contributed by atoms with Crippen LogP contribution in [-0.4, -0.2) is 22.8 Å². The number of aryl methyl sites for hydroxylation is 1. The first-order chi connectivity index (χ1) is 8.51. The van der Waals surface area contributed by atoms with Gasteiger partial charge in [-0.25, -0.2) is 0 Å². The summed E-state index contributed by atoms with van der Waals surface area (Å²) in [6.07, 6.45) is 2.78. The minimum atomic E-state index is 0.136. The molecule has 0 N–H and O–H groups in total. The molecule has 98 valence electrons. The smallest absolute Gasteiger partial charge is 0.146 e. The highest BCUT2D eigenvalue weighted by Gasteiger charge is 2.32. The van der Waals surface area contributed by atoms with Crippen LogP contribution < -0.4 is 0 Å². The van der Waals surface area contributed by atoms with Crippen LogP contribution in [0.4, 0.5) is 0 Å². The molecule has 1 aromatic rings. The lowest BCUT2D eigenvalue weighted by Gasteiger charge is -2.41. The number of likely N-dealkylation sites (tertiary alicyclic amines) is 1. The van der Waals surface area contributed by atoms with Crippen LogP contribution in [0.1, 0.15) is 44.7 Å². The van der Waals surface area contributed by atoms with Crippen LogP contribution in [0.3, 0.4) is 0 Å². The fourth-order valence-corrected chi connectivity index (χ4v) is 2.48. The zero-order valence-electron chi connectivity index (χ0n) is 11.7. The van der Waals surface area contributed by atoms with E-state index < -0.39 is 0 Å². The number of Topliss-reactive ketones (excluding diaryl/α,β-unsaturated/α-hetero) is 1. The van der Waals surface area contributed by atoms with Crippen LogP contribution in [0.25, 0.3) is 0 Å². The van der Waals surface area contributed by atoms with Gasteiger partial charge in [0.2, 0.25) is 0 Å². The molecule has 1 aliphatic heterocycles. The van der Waals surface area contributed by atoms with Crippen molar-refractivity contribution in [3.63, 3.8) is 0 Å². The number of hydrogen-bond donors (Lipinski definition) is 0. The summed E-state index contributed by atoms with van der Waals surface area (Å²) in [4.78, 5) is 13.9. The first-order valence-electron chi connectivity index (χ1n) is 6.86. The molecule has 0 radical (unpaired) electrons. The third-order valence-electron chi connectivity index (χ3n) is 4.04. The quantitative estimate of drug-likeness (QED) is 0.815. The highest BCUT2D eigenvalue weighted by Crippen LogP contribution is 2.27. The van der Waals surface area contributed by atoms with Crippen LogP contribution in [0.5, 0.6) is 0 Å². The van der Waals surface area contributed by atoms with Crippen molar-refractivity contribution in [2.75, 3.05) is 6.54 Å². The summed E-state index contributed by atoms with van der Waals surface area (Å²) in [6.45, 7) is 8.12. The molecule has 0 aliphatic carbocycles. The Balaban J connectivity index is 2.08. The van der Waals surface area contributed by atoms with E-state index in [1.807, 2.05) is 0 Å². The zero-order chi connectivity index (χ0) is 13.2. The predicted molar refractivity (Wildman–Crippen MR) is 74.6 cm³/mol. The van der Waals surface area contributed by atoms with E-state index in [1.165, 1.54) is 11.1 Å². The topological polar surface area (TPSA) is 20.3 Å². The number of hydrogen-bond acceptors (Lipinski definition) is 2. The van der Waals surface area contributed by atoms with Crippen molar-refractivity contribution in [2.24, 2.45) is 0 Å². The molecule has 0 spiro atoms. The average Bonchev–Trinajstić information content (AvgIpc) is 2.35. The Labute approximate surface area is 110 Å². The second-order valence-corrected chi connectivity index (χ2v) is 5.88. The molecule has 0 aromatic heterocycles. The van der Waals surface area contributed by atoms with Gasteiger partial charge in [0, 0.05) is 18.5 Å². The molecule has 2 nitrogen and oxygen atoms in total. The Kier molecular flexibility index (Phi) is 3.86. The van der Waals surface area contributed by atoms with Crippen molar-refractivity contribution < 1.29 is 4.79 Å². The first kappa shape index (κ1) is 13.3. The largest absolute Gasteiger partial charge is 0.298 e. The molecular weight excluding hydrogens is 222 g/mol. The van der Waals surface area contributed by atoms with Crippen LogP contribution >= 0.6 is 0 Å². The van der Waals surface area contributed by atoms with E-state index in [1.54, 1.807) is 0 Å². The molecule has 1 aromatic carbocycles. The van der Waals surface area contributed by atoms with Gasteiger partial charge < -0.3 is 0 Å². The SMILES string of the molecule is CCc1ccc(CN2CC(=O)CCC2(C)C)cc1. The molecule has 0 unspecified atom stereocenters. The van der Waals surface area contributed by atoms with Crippen molar-refractivity contribution in [1.82, 2.24) is 4.90 Å². The lowest BCUT2D eigenvalue weighted by atomic mass is 9.89. The average molecular weight is 245 g/mol. The fourth-order valence-electron chi connectivity index (χ4n) is 2.48. The molecule has 1 fully saturated rings. The van der Waals surface area contributed by atoms with Crippen LogP contribution in [0.15, 0.2) is 24.3 Å². The van der Waals surface area contributed by atoms with E-state index in [0.29, 0.717) is 12.3 Å². The van der Waals surface area contributed by atoms with E-state index in [4.69, 9.17) is 0 Å². The third-order valence-corrected chi connectivity index (χ3v) is 4.04. The monoisotopic (exact) mass is 245 g/mol. The minimum absolute atomic E-state index is 0.136. The normalized spacial score (nSPS) is 20.1. The van der Waals surface area contributed by atoms with Gasteiger partial charge in [-0.15, -0.1) is 0 Å². The van der Waals surface area contributed by atoms with Gasteiger partial charge in [-0.1, -0.05) is 31.2 Å². The Morgan fingerprint density at radius 2 is 1.78 bits per heavy atom. The molecule has 0 saturated carbocycles. The Morgan fingerprint density at radius 3 is 2.39 bits per heavy atom. The summed E-state index contributed by atoms with van der Waals surface area (Å²) in [5, 5.41) is 0. The molecule has 18 heavy (non-hydrogen) atoms. The van der Waals surface area contributed by atoms with Crippen molar-refractivity contribution >= 4 is 5.78 Å². The molecule has 2 heteroatoms. The van der Waals surface area contributed by atoms with E-state index in [0.717, 1.165) is 25.8 Å². The molecule has 1 aliphatic rings. The molecule has 0 amide bonds. The van der Waals surface area contributed by atoms with Crippen molar-refractivity contribution in [3.8, 4) is 0 Å². The molecule has 1 heterocycles. The second kappa shape index (κ2) is 5.23.